The predicted octanol–water partition coefficient (Wildman–Crippen LogP) is 2.28. The van der Waals surface area contributed by atoms with Crippen molar-refractivity contribution in [1.29, 1.82) is 0 Å². The summed E-state index contributed by atoms with van der Waals surface area (Å²) in [4.78, 5) is 5.17. The maximum absolute atomic E-state index is 2.66. The molecule has 1 saturated carbocycles. The SMILES string of the molecule is Cc1ccc(N2CCN(C3CC3)CC2)cc1. The molecule has 1 heterocycles. The summed E-state index contributed by atoms with van der Waals surface area (Å²) in [5.41, 5.74) is 2.74. The topological polar surface area (TPSA) is 6.48 Å². The van der Waals surface area contributed by atoms with Gasteiger partial charge in [-0.3, -0.25) is 4.90 Å². The van der Waals surface area contributed by atoms with Crippen molar-refractivity contribution < 1.29 is 0 Å². The number of benzene rings is 1. The highest BCUT2D eigenvalue weighted by atomic mass is 15.3. The Morgan fingerprint density at radius 2 is 1.56 bits per heavy atom. The van der Waals surface area contributed by atoms with E-state index in [2.05, 4.69) is 41.0 Å². The molecule has 86 valence electrons. The van der Waals surface area contributed by atoms with Crippen LogP contribution in [0, 0.1) is 6.92 Å². The third kappa shape index (κ3) is 2.07. The number of hydrogen-bond donors (Lipinski definition) is 0. The number of hydrogen-bond acceptors (Lipinski definition) is 2. The van der Waals surface area contributed by atoms with E-state index in [1.54, 1.807) is 0 Å². The number of nitrogens with zero attached hydrogens (tertiary/aromatic N) is 2. The minimum Gasteiger partial charge on any atom is -0.369 e. The van der Waals surface area contributed by atoms with E-state index in [1.165, 1.54) is 50.3 Å². The Kier molecular flexibility index (Phi) is 2.60. The van der Waals surface area contributed by atoms with Gasteiger partial charge in [0.05, 0.1) is 0 Å². The lowest BCUT2D eigenvalue weighted by Gasteiger charge is -2.36. The molecular formula is C14H20N2. The van der Waals surface area contributed by atoms with E-state index in [4.69, 9.17) is 0 Å². The fourth-order valence-electron chi connectivity index (χ4n) is 2.54. The average Bonchev–Trinajstić information content (AvgIpc) is 3.14. The third-order valence-corrected chi connectivity index (χ3v) is 3.78. The van der Waals surface area contributed by atoms with Crippen molar-refractivity contribution in [1.82, 2.24) is 4.90 Å². The molecule has 0 atom stereocenters. The second kappa shape index (κ2) is 4.10. The number of aryl methyl sites for hydroxylation is 1. The van der Waals surface area contributed by atoms with Gasteiger partial charge in [0, 0.05) is 37.9 Å². The molecule has 0 radical (unpaired) electrons. The molecule has 0 aromatic heterocycles. The standard InChI is InChI=1S/C14H20N2/c1-12-2-4-13(5-3-12)15-8-10-16(11-9-15)14-6-7-14/h2-5,14H,6-11H2,1H3. The van der Waals surface area contributed by atoms with Crippen LogP contribution in [0.2, 0.25) is 0 Å². The fourth-order valence-corrected chi connectivity index (χ4v) is 2.54. The second-order valence-electron chi connectivity index (χ2n) is 5.09. The second-order valence-corrected chi connectivity index (χ2v) is 5.09. The summed E-state index contributed by atoms with van der Waals surface area (Å²) in [6.07, 6.45) is 2.87. The van der Waals surface area contributed by atoms with Gasteiger partial charge in [0.25, 0.3) is 0 Å². The summed E-state index contributed by atoms with van der Waals surface area (Å²) >= 11 is 0. The van der Waals surface area contributed by atoms with E-state index < -0.39 is 0 Å². The molecule has 0 bridgehead atoms. The number of piperazine rings is 1. The van der Waals surface area contributed by atoms with Gasteiger partial charge in [0.2, 0.25) is 0 Å². The fraction of sp³-hybridized carbons (Fsp3) is 0.571. The molecule has 16 heavy (non-hydrogen) atoms. The van der Waals surface area contributed by atoms with Gasteiger partial charge in [-0.1, -0.05) is 17.7 Å². The van der Waals surface area contributed by atoms with Gasteiger partial charge in [-0.2, -0.15) is 0 Å². The first-order chi connectivity index (χ1) is 7.83. The molecular weight excluding hydrogens is 196 g/mol. The molecule has 2 heteroatoms. The van der Waals surface area contributed by atoms with E-state index in [0.29, 0.717) is 0 Å². The van der Waals surface area contributed by atoms with Crippen LogP contribution in [0.25, 0.3) is 0 Å². The number of rotatable bonds is 2. The third-order valence-electron chi connectivity index (χ3n) is 3.78. The zero-order valence-corrected chi connectivity index (χ0v) is 10.0. The highest BCUT2D eigenvalue weighted by Gasteiger charge is 2.31. The van der Waals surface area contributed by atoms with Gasteiger partial charge in [-0.15, -0.1) is 0 Å². The van der Waals surface area contributed by atoms with Crippen molar-refractivity contribution in [3.8, 4) is 0 Å². The Morgan fingerprint density at radius 3 is 2.12 bits per heavy atom. The van der Waals surface area contributed by atoms with Crippen LogP contribution in [0.15, 0.2) is 24.3 Å². The minimum absolute atomic E-state index is 0.931. The molecule has 3 rings (SSSR count). The average molecular weight is 216 g/mol. The molecule has 1 saturated heterocycles. The van der Waals surface area contributed by atoms with Crippen molar-refractivity contribution in [2.45, 2.75) is 25.8 Å². The van der Waals surface area contributed by atoms with Crippen LogP contribution in [0.5, 0.6) is 0 Å². The normalized spacial score (nSPS) is 22.4. The smallest absolute Gasteiger partial charge is 0.0367 e. The molecule has 0 amide bonds. The Labute approximate surface area is 97.9 Å². The van der Waals surface area contributed by atoms with E-state index in [1.807, 2.05) is 0 Å². The summed E-state index contributed by atoms with van der Waals surface area (Å²) in [7, 11) is 0. The van der Waals surface area contributed by atoms with Crippen LogP contribution < -0.4 is 4.90 Å². The monoisotopic (exact) mass is 216 g/mol. The molecule has 1 aromatic rings. The lowest BCUT2D eigenvalue weighted by Crippen LogP contribution is -2.47. The minimum atomic E-state index is 0.931. The molecule has 2 aliphatic rings. The maximum atomic E-state index is 2.66. The summed E-state index contributed by atoms with van der Waals surface area (Å²) in [5, 5.41) is 0. The van der Waals surface area contributed by atoms with Crippen LogP contribution in [-0.4, -0.2) is 37.1 Å². The van der Waals surface area contributed by atoms with Gasteiger partial charge in [-0.05, 0) is 31.9 Å². The Morgan fingerprint density at radius 1 is 0.938 bits per heavy atom. The van der Waals surface area contributed by atoms with Crippen LogP contribution in [0.1, 0.15) is 18.4 Å². The highest BCUT2D eigenvalue weighted by molar-refractivity contribution is 5.47. The van der Waals surface area contributed by atoms with E-state index >= 15 is 0 Å². The summed E-state index contributed by atoms with van der Waals surface area (Å²) in [5.74, 6) is 0. The number of anilines is 1. The van der Waals surface area contributed by atoms with Crippen LogP contribution in [-0.2, 0) is 0 Å². The van der Waals surface area contributed by atoms with Crippen LogP contribution >= 0.6 is 0 Å². The molecule has 0 spiro atoms. The van der Waals surface area contributed by atoms with Gasteiger partial charge in [-0.25, -0.2) is 0 Å². The molecule has 1 aliphatic heterocycles. The van der Waals surface area contributed by atoms with Crippen LogP contribution in [0.3, 0.4) is 0 Å². The van der Waals surface area contributed by atoms with Gasteiger partial charge in [0.15, 0.2) is 0 Å². The molecule has 2 fully saturated rings. The highest BCUT2D eigenvalue weighted by Crippen LogP contribution is 2.28. The predicted molar refractivity (Wildman–Crippen MR) is 68.0 cm³/mol. The summed E-state index contributed by atoms with van der Waals surface area (Å²) in [6, 6.07) is 9.86. The van der Waals surface area contributed by atoms with Crippen molar-refractivity contribution in [2.24, 2.45) is 0 Å². The Hall–Kier alpha value is -1.02. The molecule has 1 aromatic carbocycles. The zero-order valence-electron chi connectivity index (χ0n) is 10.0. The zero-order chi connectivity index (χ0) is 11.0. The first kappa shape index (κ1) is 10.2. The largest absolute Gasteiger partial charge is 0.369 e. The van der Waals surface area contributed by atoms with Crippen LogP contribution in [0.4, 0.5) is 5.69 Å². The Bertz CT molecular complexity index is 346. The van der Waals surface area contributed by atoms with Gasteiger partial charge >= 0.3 is 0 Å². The van der Waals surface area contributed by atoms with Crippen molar-refractivity contribution in [3.63, 3.8) is 0 Å². The van der Waals surface area contributed by atoms with Crippen molar-refractivity contribution in [2.75, 3.05) is 31.1 Å². The maximum Gasteiger partial charge on any atom is 0.0367 e. The Balaban J connectivity index is 1.62. The van der Waals surface area contributed by atoms with E-state index in [9.17, 15) is 0 Å². The van der Waals surface area contributed by atoms with Crippen molar-refractivity contribution in [3.05, 3.63) is 29.8 Å². The summed E-state index contributed by atoms with van der Waals surface area (Å²) in [6.45, 7) is 7.03. The molecule has 1 aliphatic carbocycles. The summed E-state index contributed by atoms with van der Waals surface area (Å²) < 4.78 is 0. The van der Waals surface area contributed by atoms with Gasteiger partial charge < -0.3 is 4.90 Å². The lowest BCUT2D eigenvalue weighted by atomic mass is 10.2. The first-order valence-corrected chi connectivity index (χ1v) is 6.38. The molecule has 2 nitrogen and oxygen atoms in total. The quantitative estimate of drug-likeness (QED) is 0.748. The molecule has 0 N–H and O–H groups in total. The first-order valence-electron chi connectivity index (χ1n) is 6.38. The van der Waals surface area contributed by atoms with E-state index in [0.717, 1.165) is 6.04 Å². The lowest BCUT2D eigenvalue weighted by molar-refractivity contribution is 0.248. The van der Waals surface area contributed by atoms with E-state index in [-0.39, 0.29) is 0 Å². The molecule has 0 unspecified atom stereocenters. The van der Waals surface area contributed by atoms with Gasteiger partial charge in [0.1, 0.15) is 0 Å². The van der Waals surface area contributed by atoms with Crippen molar-refractivity contribution >= 4 is 5.69 Å².